The van der Waals surface area contributed by atoms with Crippen LogP contribution >= 0.6 is 0 Å². The first-order chi connectivity index (χ1) is 12.9. The zero-order valence-electron chi connectivity index (χ0n) is 15.7. The van der Waals surface area contributed by atoms with Crippen LogP contribution in [-0.4, -0.2) is 54.9 Å². The summed E-state index contributed by atoms with van der Waals surface area (Å²) in [5.41, 5.74) is 2.57. The standard InChI is InChI=1S/C19H25N3O4S/c1-15-18(16(2)26-20-15)8-9-19(23)21-10-12-22(13-11-21)27(24,25)14-17-6-4-3-5-7-17/h3-7H,8-14H2,1-2H3. The molecule has 2 heterocycles. The van der Waals surface area contributed by atoms with E-state index in [1.807, 2.05) is 44.2 Å². The molecule has 1 aromatic heterocycles. The molecule has 3 rings (SSSR count). The summed E-state index contributed by atoms with van der Waals surface area (Å²) in [5, 5.41) is 3.90. The molecular weight excluding hydrogens is 366 g/mol. The summed E-state index contributed by atoms with van der Waals surface area (Å²) in [5.74, 6) is 0.778. The summed E-state index contributed by atoms with van der Waals surface area (Å²) >= 11 is 0. The Bertz CT molecular complexity index is 865. The van der Waals surface area contributed by atoms with Crippen molar-refractivity contribution in [2.24, 2.45) is 0 Å². The molecule has 1 aromatic carbocycles. The number of carbonyl (C=O) groups excluding carboxylic acids is 1. The highest BCUT2D eigenvalue weighted by Crippen LogP contribution is 2.17. The second-order valence-electron chi connectivity index (χ2n) is 6.82. The van der Waals surface area contributed by atoms with Crippen LogP contribution in [0.5, 0.6) is 0 Å². The first kappa shape index (κ1) is 19.6. The van der Waals surface area contributed by atoms with Gasteiger partial charge in [0.05, 0.1) is 11.4 Å². The minimum atomic E-state index is -3.37. The first-order valence-corrected chi connectivity index (χ1v) is 10.7. The van der Waals surface area contributed by atoms with Crippen molar-refractivity contribution in [1.82, 2.24) is 14.4 Å². The molecule has 146 valence electrons. The number of amides is 1. The number of piperazine rings is 1. The van der Waals surface area contributed by atoms with Crippen LogP contribution in [0.25, 0.3) is 0 Å². The van der Waals surface area contributed by atoms with E-state index in [9.17, 15) is 13.2 Å². The van der Waals surface area contributed by atoms with E-state index in [1.54, 1.807) is 4.90 Å². The quantitative estimate of drug-likeness (QED) is 0.751. The molecule has 0 saturated carbocycles. The van der Waals surface area contributed by atoms with Gasteiger partial charge >= 0.3 is 0 Å². The molecular formula is C19H25N3O4S. The predicted octanol–water partition coefficient (Wildman–Crippen LogP) is 1.90. The number of rotatable bonds is 6. The van der Waals surface area contributed by atoms with Crippen LogP contribution in [0.1, 0.15) is 29.0 Å². The molecule has 0 unspecified atom stereocenters. The maximum atomic E-state index is 12.6. The Hall–Kier alpha value is -2.19. The van der Waals surface area contributed by atoms with Gasteiger partial charge in [0.2, 0.25) is 15.9 Å². The highest BCUT2D eigenvalue weighted by molar-refractivity contribution is 7.88. The third-order valence-electron chi connectivity index (χ3n) is 4.95. The van der Waals surface area contributed by atoms with E-state index in [-0.39, 0.29) is 11.7 Å². The molecule has 2 aromatic rings. The van der Waals surface area contributed by atoms with Crippen LogP contribution in [0.4, 0.5) is 0 Å². The number of nitrogens with zero attached hydrogens (tertiary/aromatic N) is 3. The fraction of sp³-hybridized carbons (Fsp3) is 0.474. The molecule has 1 amide bonds. The highest BCUT2D eigenvalue weighted by Gasteiger charge is 2.29. The lowest BCUT2D eigenvalue weighted by molar-refractivity contribution is -0.132. The summed E-state index contributed by atoms with van der Waals surface area (Å²) in [6.07, 6.45) is 0.964. The van der Waals surface area contributed by atoms with Gasteiger partial charge in [-0.3, -0.25) is 4.79 Å². The number of sulfonamides is 1. The zero-order chi connectivity index (χ0) is 19.4. The number of carbonyl (C=O) groups is 1. The topological polar surface area (TPSA) is 83.7 Å². The van der Waals surface area contributed by atoms with Crippen molar-refractivity contribution in [3.05, 3.63) is 52.9 Å². The van der Waals surface area contributed by atoms with Crippen molar-refractivity contribution >= 4 is 15.9 Å². The molecule has 1 aliphatic rings. The second kappa shape index (κ2) is 8.22. The summed E-state index contributed by atoms with van der Waals surface area (Å²) in [7, 11) is -3.37. The van der Waals surface area contributed by atoms with E-state index in [2.05, 4.69) is 5.16 Å². The van der Waals surface area contributed by atoms with Crippen molar-refractivity contribution in [3.63, 3.8) is 0 Å². The van der Waals surface area contributed by atoms with Crippen molar-refractivity contribution in [2.75, 3.05) is 26.2 Å². The molecule has 1 saturated heterocycles. The summed E-state index contributed by atoms with van der Waals surface area (Å²) < 4.78 is 31.8. The molecule has 0 aliphatic carbocycles. The van der Waals surface area contributed by atoms with Crippen LogP contribution in [0, 0.1) is 13.8 Å². The van der Waals surface area contributed by atoms with E-state index < -0.39 is 10.0 Å². The van der Waals surface area contributed by atoms with E-state index >= 15 is 0 Å². The molecule has 1 aliphatic heterocycles. The fourth-order valence-electron chi connectivity index (χ4n) is 3.34. The van der Waals surface area contributed by atoms with E-state index in [4.69, 9.17) is 4.52 Å². The number of aryl methyl sites for hydroxylation is 2. The van der Waals surface area contributed by atoms with Crippen LogP contribution < -0.4 is 0 Å². The second-order valence-corrected chi connectivity index (χ2v) is 8.79. The summed E-state index contributed by atoms with van der Waals surface area (Å²) in [6.45, 7) is 5.24. The smallest absolute Gasteiger partial charge is 0.222 e. The first-order valence-electron chi connectivity index (χ1n) is 9.08. The van der Waals surface area contributed by atoms with Crippen LogP contribution in [0.2, 0.25) is 0 Å². The monoisotopic (exact) mass is 391 g/mol. The number of benzene rings is 1. The Morgan fingerprint density at radius 1 is 1.11 bits per heavy atom. The Kier molecular flexibility index (Phi) is 5.96. The number of hydrogen-bond acceptors (Lipinski definition) is 5. The Morgan fingerprint density at radius 2 is 1.78 bits per heavy atom. The van der Waals surface area contributed by atoms with Gasteiger partial charge in [-0.1, -0.05) is 35.5 Å². The third-order valence-corrected chi connectivity index (χ3v) is 6.80. The zero-order valence-corrected chi connectivity index (χ0v) is 16.5. The van der Waals surface area contributed by atoms with Gasteiger partial charge in [0, 0.05) is 38.2 Å². The minimum Gasteiger partial charge on any atom is -0.361 e. The molecule has 27 heavy (non-hydrogen) atoms. The Balaban J connectivity index is 1.51. The Labute approximate surface area is 160 Å². The maximum absolute atomic E-state index is 12.6. The molecule has 1 fully saturated rings. The highest BCUT2D eigenvalue weighted by atomic mass is 32.2. The molecule has 0 bridgehead atoms. The lowest BCUT2D eigenvalue weighted by atomic mass is 10.1. The largest absolute Gasteiger partial charge is 0.361 e. The average molecular weight is 391 g/mol. The van der Waals surface area contributed by atoms with Gasteiger partial charge in [-0.15, -0.1) is 0 Å². The van der Waals surface area contributed by atoms with E-state index in [1.165, 1.54) is 4.31 Å². The van der Waals surface area contributed by atoms with Crippen LogP contribution in [0.15, 0.2) is 34.9 Å². The molecule has 0 spiro atoms. The minimum absolute atomic E-state index is 0.00612. The SMILES string of the molecule is Cc1noc(C)c1CCC(=O)N1CCN(S(=O)(=O)Cc2ccccc2)CC1. The molecule has 7 nitrogen and oxygen atoms in total. The van der Waals surface area contributed by atoms with E-state index in [0.717, 1.165) is 22.6 Å². The van der Waals surface area contributed by atoms with Gasteiger partial charge in [0.1, 0.15) is 5.76 Å². The van der Waals surface area contributed by atoms with Crippen LogP contribution in [0.3, 0.4) is 0 Å². The molecule has 0 radical (unpaired) electrons. The molecule has 0 N–H and O–H groups in total. The number of hydrogen-bond donors (Lipinski definition) is 0. The van der Waals surface area contributed by atoms with Crippen LogP contribution in [-0.2, 0) is 27.0 Å². The van der Waals surface area contributed by atoms with Crippen molar-refractivity contribution in [1.29, 1.82) is 0 Å². The van der Waals surface area contributed by atoms with Crippen molar-refractivity contribution in [2.45, 2.75) is 32.4 Å². The summed E-state index contributed by atoms with van der Waals surface area (Å²) in [4.78, 5) is 14.2. The van der Waals surface area contributed by atoms with Gasteiger partial charge in [-0.25, -0.2) is 8.42 Å². The average Bonchev–Trinajstić information content (AvgIpc) is 2.98. The van der Waals surface area contributed by atoms with Gasteiger partial charge in [0.25, 0.3) is 0 Å². The lowest BCUT2D eigenvalue weighted by Crippen LogP contribution is -2.50. The summed E-state index contributed by atoms with van der Waals surface area (Å²) in [6, 6.07) is 9.15. The lowest BCUT2D eigenvalue weighted by Gasteiger charge is -2.34. The van der Waals surface area contributed by atoms with Crippen molar-refractivity contribution < 1.29 is 17.7 Å². The molecule has 8 heteroatoms. The number of aromatic nitrogens is 1. The van der Waals surface area contributed by atoms with Crippen molar-refractivity contribution in [3.8, 4) is 0 Å². The van der Waals surface area contributed by atoms with Gasteiger partial charge in [-0.2, -0.15) is 4.31 Å². The predicted molar refractivity (Wildman–Crippen MR) is 102 cm³/mol. The Morgan fingerprint density at radius 3 is 2.37 bits per heavy atom. The van der Waals surface area contributed by atoms with Gasteiger partial charge < -0.3 is 9.42 Å². The van der Waals surface area contributed by atoms with E-state index in [0.29, 0.717) is 39.0 Å². The normalized spacial score (nSPS) is 15.9. The third kappa shape index (κ3) is 4.75. The molecule has 0 atom stereocenters. The van der Waals surface area contributed by atoms with Gasteiger partial charge in [0.15, 0.2) is 0 Å². The van der Waals surface area contributed by atoms with Gasteiger partial charge in [-0.05, 0) is 25.8 Å². The fourth-order valence-corrected chi connectivity index (χ4v) is 4.86. The maximum Gasteiger partial charge on any atom is 0.222 e.